The smallest absolute Gasteiger partial charge is 0.148 e. The van der Waals surface area contributed by atoms with Crippen molar-refractivity contribution in [1.82, 2.24) is 0 Å². The molecular weight excluding hydrogens is 367 g/mol. The number of carbonyl (C=O) groups excluding carboxylic acids is 2. The number of hydrogen-bond donors (Lipinski definition) is 0. The standard InChI is InChI=1S/C22H22Cl2O2/c1-4-13-5-6-14(16-8-7-15(23)10-18(16)24)9-17(13)21-19(25)11-22(2,3)12-20(21)26/h5-10,21H,4,11-12H2,1-3H3. The average molecular weight is 389 g/mol. The monoisotopic (exact) mass is 388 g/mol. The Kier molecular flexibility index (Phi) is 5.28. The van der Waals surface area contributed by atoms with E-state index in [1.165, 1.54) is 0 Å². The van der Waals surface area contributed by atoms with Crippen LogP contribution in [0.3, 0.4) is 0 Å². The molecule has 0 aliphatic heterocycles. The van der Waals surface area contributed by atoms with Gasteiger partial charge in [-0.05, 0) is 46.7 Å². The van der Waals surface area contributed by atoms with Gasteiger partial charge in [-0.15, -0.1) is 0 Å². The third kappa shape index (κ3) is 3.72. The highest BCUT2D eigenvalue weighted by atomic mass is 35.5. The van der Waals surface area contributed by atoms with Crippen molar-refractivity contribution in [3.8, 4) is 11.1 Å². The van der Waals surface area contributed by atoms with Crippen molar-refractivity contribution < 1.29 is 9.59 Å². The van der Waals surface area contributed by atoms with Gasteiger partial charge in [0.2, 0.25) is 0 Å². The Hall–Kier alpha value is -1.64. The summed E-state index contributed by atoms with van der Waals surface area (Å²) in [5.74, 6) is -0.635. The fraction of sp³-hybridized carbons (Fsp3) is 0.364. The molecule has 1 fully saturated rings. The minimum atomic E-state index is -0.663. The van der Waals surface area contributed by atoms with Gasteiger partial charge in [0.1, 0.15) is 17.5 Å². The maximum absolute atomic E-state index is 12.8. The van der Waals surface area contributed by atoms with E-state index in [1.807, 2.05) is 45.0 Å². The summed E-state index contributed by atoms with van der Waals surface area (Å²) in [6.07, 6.45) is 1.63. The van der Waals surface area contributed by atoms with Crippen LogP contribution >= 0.6 is 23.2 Å². The van der Waals surface area contributed by atoms with Crippen LogP contribution in [0.15, 0.2) is 36.4 Å². The van der Waals surface area contributed by atoms with Crippen molar-refractivity contribution in [3.63, 3.8) is 0 Å². The lowest BCUT2D eigenvalue weighted by Crippen LogP contribution is -2.36. The summed E-state index contributed by atoms with van der Waals surface area (Å²) in [4.78, 5) is 25.6. The highest BCUT2D eigenvalue weighted by molar-refractivity contribution is 6.36. The molecule has 2 nitrogen and oxygen atoms in total. The van der Waals surface area contributed by atoms with Crippen molar-refractivity contribution in [2.45, 2.75) is 46.0 Å². The summed E-state index contributed by atoms with van der Waals surface area (Å²) in [5.41, 5.74) is 3.33. The zero-order valence-electron chi connectivity index (χ0n) is 15.2. The Bertz CT molecular complexity index is 864. The molecule has 1 aliphatic carbocycles. The fourth-order valence-electron chi connectivity index (χ4n) is 3.81. The van der Waals surface area contributed by atoms with Gasteiger partial charge in [0.05, 0.1) is 0 Å². The summed E-state index contributed by atoms with van der Waals surface area (Å²) in [5, 5.41) is 1.12. The Morgan fingerprint density at radius 3 is 2.23 bits per heavy atom. The Morgan fingerprint density at radius 2 is 1.65 bits per heavy atom. The van der Waals surface area contributed by atoms with Crippen LogP contribution in [0.4, 0.5) is 0 Å². The average Bonchev–Trinajstić information content (AvgIpc) is 2.53. The fourth-order valence-corrected chi connectivity index (χ4v) is 4.33. The molecule has 0 spiro atoms. The molecule has 2 aromatic carbocycles. The molecule has 0 N–H and O–H groups in total. The summed E-state index contributed by atoms with van der Waals surface area (Å²) in [6.45, 7) is 5.99. The lowest BCUT2D eigenvalue weighted by Gasteiger charge is -2.33. The van der Waals surface area contributed by atoms with E-state index in [1.54, 1.807) is 12.1 Å². The number of aryl methyl sites for hydroxylation is 1. The molecule has 0 radical (unpaired) electrons. The van der Waals surface area contributed by atoms with Crippen molar-refractivity contribution in [1.29, 1.82) is 0 Å². The van der Waals surface area contributed by atoms with E-state index < -0.39 is 5.92 Å². The SMILES string of the molecule is CCc1ccc(-c2ccc(Cl)cc2Cl)cc1C1C(=O)CC(C)(C)CC1=O. The normalized spacial score (nSPS) is 17.6. The second-order valence-electron chi connectivity index (χ2n) is 7.77. The van der Waals surface area contributed by atoms with Crippen molar-refractivity contribution in [2.24, 2.45) is 5.41 Å². The third-order valence-electron chi connectivity index (χ3n) is 5.03. The van der Waals surface area contributed by atoms with Crippen LogP contribution in [0, 0.1) is 5.41 Å². The van der Waals surface area contributed by atoms with Crippen LogP contribution < -0.4 is 0 Å². The zero-order chi connectivity index (χ0) is 19.1. The molecule has 0 unspecified atom stereocenters. The molecule has 0 heterocycles. The summed E-state index contributed by atoms with van der Waals surface area (Å²) in [6, 6.07) is 11.3. The van der Waals surface area contributed by atoms with E-state index in [9.17, 15) is 9.59 Å². The molecule has 1 saturated carbocycles. The summed E-state index contributed by atoms with van der Waals surface area (Å²) >= 11 is 12.3. The highest BCUT2D eigenvalue weighted by Crippen LogP contribution is 2.40. The van der Waals surface area contributed by atoms with Gasteiger partial charge in [-0.3, -0.25) is 9.59 Å². The highest BCUT2D eigenvalue weighted by Gasteiger charge is 2.41. The first-order chi connectivity index (χ1) is 12.2. The van der Waals surface area contributed by atoms with E-state index in [2.05, 4.69) is 0 Å². The van der Waals surface area contributed by atoms with E-state index in [0.29, 0.717) is 22.9 Å². The summed E-state index contributed by atoms with van der Waals surface area (Å²) in [7, 11) is 0. The first kappa shape index (κ1) is 19.1. The summed E-state index contributed by atoms with van der Waals surface area (Å²) < 4.78 is 0. The second kappa shape index (κ2) is 7.17. The van der Waals surface area contributed by atoms with Crippen molar-refractivity contribution in [3.05, 3.63) is 57.6 Å². The number of carbonyl (C=O) groups is 2. The van der Waals surface area contributed by atoms with E-state index in [4.69, 9.17) is 23.2 Å². The van der Waals surface area contributed by atoms with Crippen LogP contribution in [-0.2, 0) is 16.0 Å². The predicted octanol–water partition coefficient (Wildman–Crippen LogP) is 6.26. The number of rotatable bonds is 3. The molecule has 2 aromatic rings. The van der Waals surface area contributed by atoms with Gasteiger partial charge in [0.25, 0.3) is 0 Å². The molecule has 26 heavy (non-hydrogen) atoms. The Morgan fingerprint density at radius 1 is 1.00 bits per heavy atom. The Balaban J connectivity index is 2.09. The number of benzene rings is 2. The maximum atomic E-state index is 12.8. The van der Waals surface area contributed by atoms with Crippen molar-refractivity contribution in [2.75, 3.05) is 0 Å². The van der Waals surface area contributed by atoms with Gasteiger partial charge in [0, 0.05) is 28.5 Å². The number of hydrogen-bond acceptors (Lipinski definition) is 2. The number of ketones is 2. The van der Waals surface area contributed by atoms with Gasteiger partial charge in [-0.25, -0.2) is 0 Å². The second-order valence-corrected chi connectivity index (χ2v) is 8.62. The predicted molar refractivity (Wildman–Crippen MR) is 107 cm³/mol. The topological polar surface area (TPSA) is 34.1 Å². The Labute approximate surface area is 164 Å². The van der Waals surface area contributed by atoms with E-state index >= 15 is 0 Å². The molecule has 3 rings (SSSR count). The van der Waals surface area contributed by atoms with E-state index in [0.717, 1.165) is 28.7 Å². The largest absolute Gasteiger partial charge is 0.299 e. The van der Waals surface area contributed by atoms with Gasteiger partial charge in [-0.1, -0.05) is 62.2 Å². The minimum Gasteiger partial charge on any atom is -0.299 e. The molecule has 136 valence electrons. The molecule has 0 aromatic heterocycles. The molecular formula is C22H22Cl2O2. The van der Waals surface area contributed by atoms with Gasteiger partial charge in [-0.2, -0.15) is 0 Å². The van der Waals surface area contributed by atoms with Crippen LogP contribution in [0.1, 0.15) is 50.7 Å². The molecule has 0 amide bonds. The molecule has 0 bridgehead atoms. The van der Waals surface area contributed by atoms with Crippen LogP contribution in [-0.4, -0.2) is 11.6 Å². The van der Waals surface area contributed by atoms with Crippen molar-refractivity contribution >= 4 is 34.8 Å². The van der Waals surface area contributed by atoms with Gasteiger partial charge in [0.15, 0.2) is 0 Å². The quantitative estimate of drug-likeness (QED) is 0.580. The lowest BCUT2D eigenvalue weighted by molar-refractivity contribution is -0.135. The van der Waals surface area contributed by atoms with Crippen LogP contribution in [0.2, 0.25) is 10.0 Å². The minimum absolute atomic E-state index is 0.0142. The lowest BCUT2D eigenvalue weighted by atomic mass is 9.69. The molecule has 0 atom stereocenters. The molecule has 4 heteroatoms. The molecule has 0 saturated heterocycles. The van der Waals surface area contributed by atoms with Crippen LogP contribution in [0.25, 0.3) is 11.1 Å². The molecule has 1 aliphatic rings. The first-order valence-corrected chi connectivity index (χ1v) is 9.61. The number of halogens is 2. The third-order valence-corrected chi connectivity index (χ3v) is 5.58. The van der Waals surface area contributed by atoms with E-state index in [-0.39, 0.29) is 17.0 Å². The van der Waals surface area contributed by atoms with Gasteiger partial charge >= 0.3 is 0 Å². The zero-order valence-corrected chi connectivity index (χ0v) is 16.7. The number of Topliss-reactive ketones (excluding diaryl/α,β-unsaturated/α-hetero) is 2. The maximum Gasteiger partial charge on any atom is 0.148 e. The van der Waals surface area contributed by atoms with Gasteiger partial charge < -0.3 is 0 Å². The first-order valence-electron chi connectivity index (χ1n) is 8.85. The van der Waals surface area contributed by atoms with Crippen LogP contribution in [0.5, 0.6) is 0 Å².